The zero-order valence-electron chi connectivity index (χ0n) is 12.7. The van der Waals surface area contributed by atoms with Crippen molar-refractivity contribution in [2.75, 3.05) is 39.0 Å². The van der Waals surface area contributed by atoms with Crippen molar-refractivity contribution >= 4 is 5.69 Å². The first-order valence-electron chi connectivity index (χ1n) is 7.18. The molecule has 19 heavy (non-hydrogen) atoms. The van der Waals surface area contributed by atoms with Crippen molar-refractivity contribution in [3.8, 4) is 0 Å². The highest BCUT2D eigenvalue weighted by molar-refractivity contribution is 5.61. The molecule has 1 aromatic rings. The minimum absolute atomic E-state index is 0.300. The molecule has 0 unspecified atom stereocenters. The van der Waals surface area contributed by atoms with Gasteiger partial charge in [-0.1, -0.05) is 32.0 Å². The summed E-state index contributed by atoms with van der Waals surface area (Å²) in [6.07, 6.45) is 1.16. The van der Waals surface area contributed by atoms with Gasteiger partial charge in [0.15, 0.2) is 0 Å². The van der Waals surface area contributed by atoms with E-state index in [0.717, 1.165) is 32.6 Å². The lowest BCUT2D eigenvalue weighted by Crippen LogP contribution is -2.37. The summed E-state index contributed by atoms with van der Waals surface area (Å²) in [6.45, 7) is 8.80. The average molecular weight is 261 g/mol. The molecule has 0 saturated heterocycles. The molecule has 0 spiro atoms. The quantitative estimate of drug-likeness (QED) is 0.823. The Kier molecular flexibility index (Phi) is 4.48. The number of fused-ring (bicyclic) bond motifs is 1. The minimum Gasteiger partial charge on any atom is -0.384 e. The van der Waals surface area contributed by atoms with E-state index >= 15 is 0 Å². The minimum atomic E-state index is 0.300. The molecular weight excluding hydrogens is 234 g/mol. The second kappa shape index (κ2) is 5.93. The first kappa shape index (κ1) is 14.4. The summed E-state index contributed by atoms with van der Waals surface area (Å²) in [5, 5.41) is 7.11. The second-order valence-corrected chi connectivity index (χ2v) is 6.63. The van der Waals surface area contributed by atoms with Crippen LogP contribution in [0.15, 0.2) is 18.2 Å². The molecule has 106 valence electrons. The summed E-state index contributed by atoms with van der Waals surface area (Å²) in [5.74, 6) is 0. The Balaban J connectivity index is 1.88. The molecule has 2 rings (SSSR count). The third kappa shape index (κ3) is 3.95. The molecule has 0 atom stereocenters. The average Bonchev–Trinajstić information content (AvgIpc) is 2.75. The molecule has 3 heteroatoms. The number of rotatable bonds is 6. The van der Waals surface area contributed by atoms with Crippen LogP contribution in [0.5, 0.6) is 0 Å². The first-order chi connectivity index (χ1) is 8.98. The number of para-hydroxylation sites is 1. The molecule has 1 aliphatic rings. The smallest absolute Gasteiger partial charge is 0.0419 e. The third-order valence-electron chi connectivity index (χ3n) is 3.60. The van der Waals surface area contributed by atoms with Gasteiger partial charge in [0.05, 0.1) is 0 Å². The molecule has 1 aromatic carbocycles. The zero-order valence-corrected chi connectivity index (χ0v) is 12.7. The fourth-order valence-electron chi connectivity index (χ4n) is 3.01. The van der Waals surface area contributed by atoms with Gasteiger partial charge in [-0.2, -0.15) is 0 Å². The van der Waals surface area contributed by atoms with Crippen LogP contribution in [0.25, 0.3) is 0 Å². The molecule has 0 radical (unpaired) electrons. The molecule has 0 bridgehead atoms. The Labute approximate surface area is 117 Å². The van der Waals surface area contributed by atoms with E-state index in [1.165, 1.54) is 16.8 Å². The van der Waals surface area contributed by atoms with Crippen molar-refractivity contribution in [2.45, 2.75) is 26.8 Å². The van der Waals surface area contributed by atoms with Crippen molar-refractivity contribution in [1.82, 2.24) is 10.2 Å². The van der Waals surface area contributed by atoms with Gasteiger partial charge in [0.2, 0.25) is 0 Å². The van der Waals surface area contributed by atoms with Gasteiger partial charge in [0, 0.05) is 31.9 Å². The fraction of sp³-hybridized carbons (Fsp3) is 0.625. The number of benzene rings is 1. The topological polar surface area (TPSA) is 27.3 Å². The SMILES string of the molecule is CN(C)CC(C)(C)CNCc1cccc2c1NCC2. The summed E-state index contributed by atoms with van der Waals surface area (Å²) in [5.41, 5.74) is 4.53. The van der Waals surface area contributed by atoms with Gasteiger partial charge in [-0.05, 0) is 37.1 Å². The van der Waals surface area contributed by atoms with Crippen LogP contribution in [0.3, 0.4) is 0 Å². The number of hydrogen-bond acceptors (Lipinski definition) is 3. The van der Waals surface area contributed by atoms with Crippen LogP contribution in [0.2, 0.25) is 0 Å². The lowest BCUT2D eigenvalue weighted by molar-refractivity contribution is 0.232. The molecule has 1 aliphatic heterocycles. The monoisotopic (exact) mass is 261 g/mol. The van der Waals surface area contributed by atoms with Gasteiger partial charge in [0.1, 0.15) is 0 Å². The fourth-order valence-corrected chi connectivity index (χ4v) is 3.01. The lowest BCUT2D eigenvalue weighted by Gasteiger charge is -2.28. The molecule has 1 heterocycles. The van der Waals surface area contributed by atoms with Crippen LogP contribution < -0.4 is 10.6 Å². The van der Waals surface area contributed by atoms with Crippen LogP contribution in [0.4, 0.5) is 5.69 Å². The van der Waals surface area contributed by atoms with E-state index in [-0.39, 0.29) is 0 Å². The van der Waals surface area contributed by atoms with Crippen LogP contribution in [0, 0.1) is 5.41 Å². The molecule has 0 fully saturated rings. The highest BCUT2D eigenvalue weighted by Crippen LogP contribution is 2.26. The summed E-state index contributed by atoms with van der Waals surface area (Å²) in [4.78, 5) is 2.25. The van der Waals surface area contributed by atoms with Crippen LogP contribution in [-0.2, 0) is 13.0 Å². The van der Waals surface area contributed by atoms with E-state index in [1.807, 2.05) is 0 Å². The van der Waals surface area contributed by atoms with Gasteiger partial charge in [-0.3, -0.25) is 0 Å². The van der Waals surface area contributed by atoms with Gasteiger partial charge in [0.25, 0.3) is 0 Å². The summed E-state index contributed by atoms with van der Waals surface area (Å²) >= 11 is 0. The molecule has 3 nitrogen and oxygen atoms in total. The van der Waals surface area contributed by atoms with E-state index < -0.39 is 0 Å². The van der Waals surface area contributed by atoms with Gasteiger partial charge >= 0.3 is 0 Å². The standard InChI is InChI=1S/C16H27N3/c1-16(2,12-19(3)4)11-17-10-14-7-5-6-13-8-9-18-15(13)14/h5-7,17-18H,8-12H2,1-4H3. The Morgan fingerprint density at radius 3 is 2.84 bits per heavy atom. The Morgan fingerprint density at radius 2 is 2.11 bits per heavy atom. The number of nitrogens with one attached hydrogen (secondary N) is 2. The maximum atomic E-state index is 3.61. The second-order valence-electron chi connectivity index (χ2n) is 6.63. The molecule has 0 saturated carbocycles. The molecule has 0 aliphatic carbocycles. The van der Waals surface area contributed by atoms with Crippen molar-refractivity contribution in [1.29, 1.82) is 0 Å². The summed E-state index contributed by atoms with van der Waals surface area (Å²) < 4.78 is 0. The molecule has 2 N–H and O–H groups in total. The first-order valence-corrected chi connectivity index (χ1v) is 7.18. The number of hydrogen-bond donors (Lipinski definition) is 2. The molecule has 0 amide bonds. The van der Waals surface area contributed by atoms with E-state index in [4.69, 9.17) is 0 Å². The molecule has 0 aromatic heterocycles. The van der Waals surface area contributed by atoms with E-state index in [2.05, 4.69) is 61.7 Å². The van der Waals surface area contributed by atoms with Crippen molar-refractivity contribution in [2.24, 2.45) is 5.41 Å². The van der Waals surface area contributed by atoms with E-state index in [0.29, 0.717) is 5.41 Å². The summed E-state index contributed by atoms with van der Waals surface area (Å²) in [7, 11) is 4.27. The summed E-state index contributed by atoms with van der Waals surface area (Å²) in [6, 6.07) is 6.63. The van der Waals surface area contributed by atoms with Gasteiger partial charge < -0.3 is 15.5 Å². The van der Waals surface area contributed by atoms with Gasteiger partial charge in [-0.25, -0.2) is 0 Å². The van der Waals surface area contributed by atoms with Crippen LogP contribution in [-0.4, -0.2) is 38.6 Å². The Hall–Kier alpha value is -1.06. The largest absolute Gasteiger partial charge is 0.384 e. The van der Waals surface area contributed by atoms with Crippen molar-refractivity contribution in [3.05, 3.63) is 29.3 Å². The number of anilines is 1. The normalized spacial score (nSPS) is 14.6. The third-order valence-corrected chi connectivity index (χ3v) is 3.60. The number of nitrogens with zero attached hydrogens (tertiary/aromatic N) is 1. The highest BCUT2D eigenvalue weighted by Gasteiger charge is 2.19. The predicted octanol–water partition coefficient (Wildman–Crippen LogP) is 2.33. The zero-order chi connectivity index (χ0) is 13.9. The van der Waals surface area contributed by atoms with Crippen LogP contribution >= 0.6 is 0 Å². The Morgan fingerprint density at radius 1 is 1.32 bits per heavy atom. The van der Waals surface area contributed by atoms with E-state index in [1.54, 1.807) is 0 Å². The van der Waals surface area contributed by atoms with Crippen molar-refractivity contribution < 1.29 is 0 Å². The van der Waals surface area contributed by atoms with Gasteiger partial charge in [-0.15, -0.1) is 0 Å². The Bertz CT molecular complexity index is 424. The molecular formula is C16H27N3. The highest BCUT2D eigenvalue weighted by atomic mass is 15.1. The van der Waals surface area contributed by atoms with Crippen LogP contribution in [0.1, 0.15) is 25.0 Å². The maximum Gasteiger partial charge on any atom is 0.0419 e. The van der Waals surface area contributed by atoms with E-state index in [9.17, 15) is 0 Å². The lowest BCUT2D eigenvalue weighted by atomic mass is 9.93. The maximum absolute atomic E-state index is 3.61. The van der Waals surface area contributed by atoms with Crippen molar-refractivity contribution in [3.63, 3.8) is 0 Å². The predicted molar refractivity (Wildman–Crippen MR) is 82.7 cm³/mol.